The van der Waals surface area contributed by atoms with Crippen LogP contribution in [0.4, 0.5) is 5.69 Å². The van der Waals surface area contributed by atoms with E-state index in [-0.39, 0.29) is 11.3 Å². The molecule has 0 aliphatic rings. The number of carboxylic acids is 1. The second kappa shape index (κ2) is 4.12. The van der Waals surface area contributed by atoms with Crippen molar-refractivity contribution in [2.24, 2.45) is 0 Å². The van der Waals surface area contributed by atoms with Crippen LogP contribution in [-0.4, -0.2) is 21.4 Å². The molecule has 15 heavy (non-hydrogen) atoms. The number of nitrogens with zero attached hydrogens (tertiary/aromatic N) is 3. The Hall–Kier alpha value is -2.53. The number of benzene rings is 1. The second-order valence-corrected chi connectivity index (χ2v) is 2.54. The standard InChI is InChI=1S/C8H5N3O4/c9-10-7(8(12)13)5-1-3-6(4-2-5)11(14)15/h1-4H,(H,12,13)/p-1. The zero-order valence-electron chi connectivity index (χ0n) is 7.28. The maximum Gasteiger partial charge on any atom is 0.345 e. The van der Waals surface area contributed by atoms with E-state index < -0.39 is 16.6 Å². The van der Waals surface area contributed by atoms with Gasteiger partial charge in [0.1, 0.15) is 0 Å². The molecule has 0 saturated carbocycles. The number of non-ortho nitro benzene ring substituents is 1. The lowest BCUT2D eigenvalue weighted by molar-refractivity contribution is -0.384. The summed E-state index contributed by atoms with van der Waals surface area (Å²) in [5.41, 5.74) is 7.53. The van der Waals surface area contributed by atoms with Gasteiger partial charge in [-0.3, -0.25) is 10.1 Å². The van der Waals surface area contributed by atoms with Crippen LogP contribution in [-0.2, 0) is 4.79 Å². The second-order valence-electron chi connectivity index (χ2n) is 2.54. The summed E-state index contributed by atoms with van der Waals surface area (Å²) in [6.45, 7) is 0. The molecule has 0 spiro atoms. The summed E-state index contributed by atoms with van der Waals surface area (Å²) in [4.78, 5) is 22.6. The molecule has 7 nitrogen and oxygen atoms in total. The van der Waals surface area contributed by atoms with Gasteiger partial charge in [0.25, 0.3) is 5.69 Å². The minimum Gasteiger partial charge on any atom is -0.539 e. The number of nitro benzene ring substituents is 1. The van der Waals surface area contributed by atoms with Crippen LogP contribution < -0.4 is 5.11 Å². The summed E-state index contributed by atoms with van der Waals surface area (Å²) in [6, 6.07) is 4.51. The molecular formula is C8H4N3O4-. The van der Waals surface area contributed by atoms with Gasteiger partial charge in [-0.25, -0.2) is 0 Å². The number of aliphatic carboxylic acids is 1. The van der Waals surface area contributed by atoms with Crippen LogP contribution in [0, 0.1) is 10.1 Å². The average molecular weight is 206 g/mol. The molecule has 0 bridgehead atoms. The molecule has 7 heteroatoms. The average Bonchev–Trinajstić information content (AvgIpc) is 2.19. The van der Waals surface area contributed by atoms with Crippen molar-refractivity contribution >= 4 is 17.4 Å². The van der Waals surface area contributed by atoms with Crippen LogP contribution in [0.15, 0.2) is 24.3 Å². The van der Waals surface area contributed by atoms with Crippen molar-refractivity contribution in [3.8, 4) is 0 Å². The van der Waals surface area contributed by atoms with Crippen molar-refractivity contribution in [2.45, 2.75) is 0 Å². The Morgan fingerprint density at radius 1 is 1.33 bits per heavy atom. The highest BCUT2D eigenvalue weighted by Crippen LogP contribution is 2.11. The van der Waals surface area contributed by atoms with Gasteiger partial charge in [-0.2, -0.15) is 4.79 Å². The Morgan fingerprint density at radius 2 is 1.87 bits per heavy atom. The quantitative estimate of drug-likeness (QED) is 0.215. The fourth-order valence-electron chi connectivity index (χ4n) is 0.957. The topological polar surface area (TPSA) is 120 Å². The largest absolute Gasteiger partial charge is 0.539 e. The maximum atomic E-state index is 10.4. The van der Waals surface area contributed by atoms with E-state index in [4.69, 9.17) is 5.53 Å². The van der Waals surface area contributed by atoms with Crippen molar-refractivity contribution in [1.82, 2.24) is 0 Å². The lowest BCUT2D eigenvalue weighted by atomic mass is 10.1. The number of nitro groups is 1. The van der Waals surface area contributed by atoms with Gasteiger partial charge in [-0.15, -0.1) is 0 Å². The third-order valence-corrected chi connectivity index (χ3v) is 1.64. The van der Waals surface area contributed by atoms with E-state index >= 15 is 0 Å². The van der Waals surface area contributed by atoms with E-state index in [2.05, 4.69) is 4.79 Å². The van der Waals surface area contributed by atoms with E-state index in [0.29, 0.717) is 0 Å². The summed E-state index contributed by atoms with van der Waals surface area (Å²) >= 11 is 0. The zero-order chi connectivity index (χ0) is 11.4. The Labute approximate surface area is 83.4 Å². The van der Waals surface area contributed by atoms with Gasteiger partial charge >= 0.3 is 5.71 Å². The van der Waals surface area contributed by atoms with Crippen LogP contribution in [0.2, 0.25) is 0 Å². The Kier molecular flexibility index (Phi) is 2.90. The molecule has 0 saturated heterocycles. The van der Waals surface area contributed by atoms with Crippen molar-refractivity contribution in [1.29, 1.82) is 0 Å². The molecule has 76 valence electrons. The number of carbonyl (C=O) groups excluding carboxylic acids is 1. The number of hydrogen-bond acceptors (Lipinski definition) is 4. The summed E-state index contributed by atoms with van der Waals surface area (Å²) in [7, 11) is 0. The van der Waals surface area contributed by atoms with E-state index in [1.807, 2.05) is 0 Å². The van der Waals surface area contributed by atoms with Gasteiger partial charge in [-0.05, 0) is 12.1 Å². The van der Waals surface area contributed by atoms with E-state index in [1.54, 1.807) is 0 Å². The minimum absolute atomic E-state index is 0.0306. The van der Waals surface area contributed by atoms with Gasteiger partial charge < -0.3 is 15.4 Å². The Bertz CT molecular complexity index is 459. The smallest absolute Gasteiger partial charge is 0.345 e. The third-order valence-electron chi connectivity index (χ3n) is 1.64. The van der Waals surface area contributed by atoms with E-state index in [1.165, 1.54) is 0 Å². The lowest BCUT2D eigenvalue weighted by Crippen LogP contribution is -2.32. The van der Waals surface area contributed by atoms with Crippen LogP contribution in [0.5, 0.6) is 0 Å². The maximum absolute atomic E-state index is 10.4. The highest BCUT2D eigenvalue weighted by Gasteiger charge is 2.14. The molecular weight excluding hydrogens is 202 g/mol. The summed E-state index contributed by atoms with van der Waals surface area (Å²) < 4.78 is 0. The molecule has 0 aromatic heterocycles. The molecule has 0 atom stereocenters. The van der Waals surface area contributed by atoms with Crippen LogP contribution >= 0.6 is 0 Å². The summed E-state index contributed by atoms with van der Waals surface area (Å²) in [5, 5.41) is 20.7. The van der Waals surface area contributed by atoms with E-state index in [9.17, 15) is 20.0 Å². The predicted octanol–water partition coefficient (Wildman–Crippen LogP) is -0.636. The van der Waals surface area contributed by atoms with Crippen molar-refractivity contribution in [3.63, 3.8) is 0 Å². The van der Waals surface area contributed by atoms with Crippen LogP contribution in [0.3, 0.4) is 0 Å². The minimum atomic E-state index is -1.66. The first kappa shape index (κ1) is 10.6. The van der Waals surface area contributed by atoms with Crippen molar-refractivity contribution in [3.05, 3.63) is 45.5 Å². The first-order chi connectivity index (χ1) is 7.06. The Balaban J connectivity index is 3.14. The van der Waals surface area contributed by atoms with Gasteiger partial charge in [0.15, 0.2) is 5.97 Å². The first-order valence-corrected chi connectivity index (χ1v) is 3.74. The van der Waals surface area contributed by atoms with Crippen molar-refractivity contribution in [2.75, 3.05) is 0 Å². The Morgan fingerprint density at radius 3 is 2.20 bits per heavy atom. The van der Waals surface area contributed by atoms with Crippen LogP contribution in [0.25, 0.3) is 5.53 Å². The fourth-order valence-corrected chi connectivity index (χ4v) is 0.957. The SMILES string of the molecule is [N-]=[N+]=C(C(=O)[O-])c1ccc([N+](=O)[O-])cc1. The highest BCUT2D eigenvalue weighted by atomic mass is 16.6. The third kappa shape index (κ3) is 2.23. The molecule has 0 heterocycles. The molecule has 0 aliphatic heterocycles. The molecule has 0 fully saturated rings. The molecule has 0 aliphatic carbocycles. The monoisotopic (exact) mass is 206 g/mol. The molecule has 0 unspecified atom stereocenters. The zero-order valence-corrected chi connectivity index (χ0v) is 7.28. The predicted molar refractivity (Wildman–Crippen MR) is 45.8 cm³/mol. The molecule has 0 N–H and O–H groups in total. The lowest BCUT2D eigenvalue weighted by Gasteiger charge is -1.96. The number of carboxylic acid groups (broad SMARTS) is 1. The highest BCUT2D eigenvalue weighted by molar-refractivity contribution is 6.39. The van der Waals surface area contributed by atoms with Gasteiger partial charge in [0, 0.05) is 12.1 Å². The number of hydrogen-bond donors (Lipinski definition) is 0. The first-order valence-electron chi connectivity index (χ1n) is 3.74. The molecule has 1 aromatic carbocycles. The van der Waals surface area contributed by atoms with Crippen LogP contribution in [0.1, 0.15) is 5.56 Å². The summed E-state index contributed by atoms with van der Waals surface area (Å²) in [6.07, 6.45) is 0. The van der Waals surface area contributed by atoms with Gasteiger partial charge in [0.05, 0.1) is 10.5 Å². The molecule has 0 amide bonds. The van der Waals surface area contributed by atoms with Gasteiger partial charge in [-0.1, -0.05) is 0 Å². The van der Waals surface area contributed by atoms with Gasteiger partial charge in [0.2, 0.25) is 0 Å². The molecule has 1 rings (SSSR count). The number of carbonyl (C=O) groups is 1. The normalized spacial score (nSPS) is 9.07. The molecule has 1 aromatic rings. The summed E-state index contributed by atoms with van der Waals surface area (Å²) in [5.74, 6) is -1.66. The van der Waals surface area contributed by atoms with E-state index in [0.717, 1.165) is 24.3 Å². The van der Waals surface area contributed by atoms with Crippen molar-refractivity contribution < 1.29 is 19.6 Å². The number of rotatable bonds is 3. The molecule has 0 radical (unpaired) electrons. The fraction of sp³-hybridized carbons (Fsp3) is 0.